The van der Waals surface area contributed by atoms with E-state index in [-0.39, 0.29) is 12.1 Å². The maximum absolute atomic E-state index is 9.82. The van der Waals surface area contributed by atoms with Gasteiger partial charge in [-0.3, -0.25) is 0 Å². The van der Waals surface area contributed by atoms with Crippen LogP contribution < -0.4 is 10.6 Å². The van der Waals surface area contributed by atoms with Crippen LogP contribution in [0.5, 0.6) is 0 Å². The number of rotatable bonds is 5. The third-order valence-corrected chi connectivity index (χ3v) is 5.70. The monoisotopic (exact) mass is 400 g/mol. The quantitative estimate of drug-likeness (QED) is 0.531. The minimum absolute atomic E-state index is 0.233. The van der Waals surface area contributed by atoms with Gasteiger partial charge in [-0.05, 0) is 36.2 Å². The molecule has 6 heteroatoms. The number of hydrogen-bond donors (Lipinski definition) is 2. The summed E-state index contributed by atoms with van der Waals surface area (Å²) in [6.45, 7) is 1.45. The first-order chi connectivity index (χ1) is 14.7. The van der Waals surface area contributed by atoms with Crippen LogP contribution in [-0.2, 0) is 6.42 Å². The summed E-state index contributed by atoms with van der Waals surface area (Å²) in [4.78, 5) is 6.92. The first-order valence-electron chi connectivity index (χ1n) is 10.3. The van der Waals surface area contributed by atoms with Gasteiger partial charge in [-0.25, -0.2) is 4.98 Å². The average Bonchev–Trinajstić information content (AvgIpc) is 3.40. The fourth-order valence-electron chi connectivity index (χ4n) is 4.16. The first kappa shape index (κ1) is 18.8. The SMILES string of the molecule is N[C@@H](Cc1cccc(N2CC[C@H](O)C2)n1)c1ccccc1-c1noc2ccccc12. The van der Waals surface area contributed by atoms with Gasteiger partial charge in [0.2, 0.25) is 0 Å². The predicted molar refractivity (Wildman–Crippen MR) is 117 cm³/mol. The lowest BCUT2D eigenvalue weighted by molar-refractivity contribution is 0.198. The van der Waals surface area contributed by atoms with Crippen molar-refractivity contribution in [2.24, 2.45) is 5.73 Å². The van der Waals surface area contributed by atoms with Gasteiger partial charge in [0.25, 0.3) is 0 Å². The summed E-state index contributed by atoms with van der Waals surface area (Å²) in [7, 11) is 0. The van der Waals surface area contributed by atoms with Crippen LogP contribution in [0.3, 0.4) is 0 Å². The zero-order valence-electron chi connectivity index (χ0n) is 16.6. The summed E-state index contributed by atoms with van der Waals surface area (Å²) in [5.41, 5.74) is 11.1. The van der Waals surface area contributed by atoms with Crippen LogP contribution in [-0.4, -0.2) is 34.4 Å². The molecule has 1 saturated heterocycles. The summed E-state index contributed by atoms with van der Waals surface area (Å²) in [5.74, 6) is 0.895. The minimum atomic E-state index is -0.276. The Morgan fingerprint density at radius 3 is 2.77 bits per heavy atom. The Morgan fingerprint density at radius 1 is 1.07 bits per heavy atom. The van der Waals surface area contributed by atoms with Gasteiger partial charge in [-0.15, -0.1) is 0 Å². The molecular formula is C24H24N4O2. The topological polar surface area (TPSA) is 88.4 Å². The molecule has 0 unspecified atom stereocenters. The fourth-order valence-corrected chi connectivity index (χ4v) is 4.16. The number of aliphatic hydroxyl groups excluding tert-OH is 1. The lowest BCUT2D eigenvalue weighted by Crippen LogP contribution is -2.23. The molecule has 6 nitrogen and oxygen atoms in total. The zero-order chi connectivity index (χ0) is 20.5. The number of anilines is 1. The highest BCUT2D eigenvalue weighted by molar-refractivity contribution is 5.92. The van der Waals surface area contributed by atoms with E-state index >= 15 is 0 Å². The second-order valence-corrected chi connectivity index (χ2v) is 7.80. The number of aliphatic hydroxyl groups is 1. The number of nitrogens with two attached hydrogens (primary N) is 1. The van der Waals surface area contributed by atoms with Gasteiger partial charge in [-0.1, -0.05) is 47.6 Å². The molecule has 152 valence electrons. The number of nitrogens with zero attached hydrogens (tertiary/aromatic N) is 3. The van der Waals surface area contributed by atoms with E-state index in [2.05, 4.69) is 10.1 Å². The molecule has 2 aromatic carbocycles. The summed E-state index contributed by atoms with van der Waals surface area (Å²) in [6.07, 6.45) is 1.11. The number of β-amino-alcohol motifs (C(OH)–C–C–N with tert-alkyl or cyclic N) is 1. The Balaban J connectivity index is 1.43. The van der Waals surface area contributed by atoms with Crippen molar-refractivity contribution in [3.05, 3.63) is 78.0 Å². The average molecular weight is 400 g/mol. The third-order valence-electron chi connectivity index (χ3n) is 5.70. The molecule has 30 heavy (non-hydrogen) atoms. The van der Waals surface area contributed by atoms with Gasteiger partial charge >= 0.3 is 0 Å². The van der Waals surface area contributed by atoms with Gasteiger partial charge in [-0.2, -0.15) is 0 Å². The lowest BCUT2D eigenvalue weighted by Gasteiger charge is -2.19. The highest BCUT2D eigenvalue weighted by Gasteiger charge is 2.22. The number of benzene rings is 2. The Morgan fingerprint density at radius 2 is 1.90 bits per heavy atom. The molecule has 0 spiro atoms. The minimum Gasteiger partial charge on any atom is -0.391 e. The van der Waals surface area contributed by atoms with Gasteiger partial charge in [0.1, 0.15) is 11.5 Å². The number of hydrogen-bond acceptors (Lipinski definition) is 6. The van der Waals surface area contributed by atoms with Crippen LogP contribution in [0.1, 0.15) is 23.7 Å². The summed E-state index contributed by atoms with van der Waals surface area (Å²) >= 11 is 0. The highest BCUT2D eigenvalue weighted by Crippen LogP contribution is 2.33. The van der Waals surface area contributed by atoms with Crippen molar-refractivity contribution < 1.29 is 9.63 Å². The molecule has 4 aromatic rings. The normalized spacial score (nSPS) is 17.5. The molecular weight excluding hydrogens is 376 g/mol. The molecule has 1 aliphatic heterocycles. The molecule has 0 amide bonds. The summed E-state index contributed by atoms with van der Waals surface area (Å²) < 4.78 is 5.51. The van der Waals surface area contributed by atoms with E-state index in [1.54, 1.807) is 0 Å². The Bertz CT molecular complexity index is 1170. The maximum Gasteiger partial charge on any atom is 0.167 e. The van der Waals surface area contributed by atoms with Crippen LogP contribution in [0.2, 0.25) is 0 Å². The summed E-state index contributed by atoms with van der Waals surface area (Å²) in [6, 6.07) is 21.7. The van der Waals surface area contributed by atoms with Crippen LogP contribution in [0.4, 0.5) is 5.82 Å². The van der Waals surface area contributed by atoms with Crippen molar-refractivity contribution in [3.63, 3.8) is 0 Å². The van der Waals surface area contributed by atoms with Crippen molar-refractivity contribution in [2.75, 3.05) is 18.0 Å². The molecule has 5 rings (SSSR count). The van der Waals surface area contributed by atoms with E-state index in [0.29, 0.717) is 13.0 Å². The van der Waals surface area contributed by atoms with E-state index in [1.165, 1.54) is 0 Å². The molecule has 3 heterocycles. The van der Waals surface area contributed by atoms with Crippen molar-refractivity contribution >= 4 is 16.8 Å². The lowest BCUT2D eigenvalue weighted by atomic mass is 9.94. The molecule has 3 N–H and O–H groups in total. The molecule has 0 saturated carbocycles. The van der Waals surface area contributed by atoms with E-state index in [0.717, 1.165) is 52.3 Å². The molecule has 0 bridgehead atoms. The van der Waals surface area contributed by atoms with E-state index in [9.17, 15) is 5.11 Å². The number of fused-ring (bicyclic) bond motifs is 1. The van der Waals surface area contributed by atoms with Crippen molar-refractivity contribution in [1.82, 2.24) is 10.1 Å². The molecule has 0 aliphatic carbocycles. The molecule has 2 atom stereocenters. The van der Waals surface area contributed by atoms with Crippen LogP contribution in [0.25, 0.3) is 22.2 Å². The largest absolute Gasteiger partial charge is 0.391 e. The van der Waals surface area contributed by atoms with Crippen molar-refractivity contribution in [1.29, 1.82) is 0 Å². The highest BCUT2D eigenvalue weighted by atomic mass is 16.5. The number of para-hydroxylation sites is 1. The summed E-state index contributed by atoms with van der Waals surface area (Å²) in [5, 5.41) is 15.1. The van der Waals surface area contributed by atoms with Crippen molar-refractivity contribution in [2.45, 2.75) is 25.0 Å². The molecule has 0 radical (unpaired) electrons. The standard InChI is InChI=1S/C24H24N4O2/c25-21(14-16-6-5-11-23(26-16)28-13-12-17(29)15-28)18-7-1-2-8-19(18)24-20-9-3-4-10-22(20)30-27-24/h1-11,17,21,29H,12-15,25H2/t17-,21-/m0/s1. The third kappa shape index (κ3) is 3.56. The van der Waals surface area contributed by atoms with Crippen molar-refractivity contribution in [3.8, 4) is 11.3 Å². The second-order valence-electron chi connectivity index (χ2n) is 7.80. The second kappa shape index (κ2) is 7.89. The Hall–Kier alpha value is -3.22. The van der Waals surface area contributed by atoms with E-state index < -0.39 is 0 Å². The molecule has 2 aromatic heterocycles. The van der Waals surface area contributed by atoms with Crippen LogP contribution in [0.15, 0.2) is 71.3 Å². The fraction of sp³-hybridized carbons (Fsp3) is 0.250. The van der Waals surface area contributed by atoms with E-state index in [4.69, 9.17) is 15.2 Å². The number of aromatic nitrogens is 2. The van der Waals surface area contributed by atoms with Crippen LogP contribution in [0, 0.1) is 0 Å². The Labute approximate surface area is 174 Å². The number of pyridine rings is 1. The maximum atomic E-state index is 9.82. The zero-order valence-corrected chi connectivity index (χ0v) is 16.6. The Kier molecular flexibility index (Phi) is 4.94. The van der Waals surface area contributed by atoms with Gasteiger partial charge in [0.15, 0.2) is 5.58 Å². The van der Waals surface area contributed by atoms with Crippen LogP contribution >= 0.6 is 0 Å². The van der Waals surface area contributed by atoms with Gasteiger partial charge in [0.05, 0.1) is 6.10 Å². The van der Waals surface area contributed by atoms with Gasteiger partial charge in [0, 0.05) is 42.2 Å². The first-order valence-corrected chi connectivity index (χ1v) is 10.3. The molecule has 1 aliphatic rings. The van der Waals surface area contributed by atoms with E-state index in [1.807, 2.05) is 66.7 Å². The predicted octanol–water partition coefficient (Wildman–Crippen LogP) is 3.70. The smallest absolute Gasteiger partial charge is 0.167 e. The molecule has 1 fully saturated rings. The van der Waals surface area contributed by atoms with Gasteiger partial charge < -0.3 is 20.3 Å².